The first-order chi connectivity index (χ1) is 16.3. The zero-order chi connectivity index (χ0) is 26.0. The van der Waals surface area contributed by atoms with Crippen LogP contribution in [0.15, 0.2) is 63.2 Å². The molecule has 0 radical (unpaired) electrons. The summed E-state index contributed by atoms with van der Waals surface area (Å²) in [6.45, 7) is 11.6. The fourth-order valence-electron chi connectivity index (χ4n) is 3.13. The summed E-state index contributed by atoms with van der Waals surface area (Å²) in [5.41, 5.74) is -0.0549. The number of aliphatic imine (C=N–C) groups is 1. The number of methoxy groups -OCH3 is 1. The van der Waals surface area contributed by atoms with Crippen LogP contribution in [-0.2, 0) is 31.3 Å². The molecule has 1 aromatic heterocycles. The van der Waals surface area contributed by atoms with Gasteiger partial charge in [-0.1, -0.05) is 18.7 Å². The smallest absolute Gasteiger partial charge is 0.351 e. The second kappa shape index (κ2) is 10.4. The molecule has 12 heteroatoms. The quantitative estimate of drug-likeness (QED) is 0.261. The van der Waals surface area contributed by atoms with Crippen molar-refractivity contribution in [3.05, 3.63) is 58.9 Å². The molecule has 10 nitrogen and oxygen atoms in total. The van der Waals surface area contributed by atoms with Gasteiger partial charge in [-0.15, -0.1) is 0 Å². The molecule has 0 spiro atoms. The Bertz CT molecular complexity index is 1260. The molecule has 2 aromatic rings. The molecule has 1 aliphatic rings. The Morgan fingerprint density at radius 1 is 1.34 bits per heavy atom. The van der Waals surface area contributed by atoms with Crippen molar-refractivity contribution in [3.8, 4) is 0 Å². The summed E-state index contributed by atoms with van der Waals surface area (Å²) in [5, 5.41) is 4.18. The molecule has 35 heavy (non-hydrogen) atoms. The Balaban J connectivity index is 1.83. The van der Waals surface area contributed by atoms with Gasteiger partial charge in [-0.25, -0.2) is 22.8 Å². The van der Waals surface area contributed by atoms with E-state index in [0.717, 1.165) is 4.47 Å². The lowest BCUT2D eigenvalue weighted by atomic mass is 10.2. The number of halogens is 1. The van der Waals surface area contributed by atoms with Gasteiger partial charge >= 0.3 is 5.95 Å². The third kappa shape index (κ3) is 6.65. The standard InChI is InChI=1S/C23H30BrN5O5S/c1-15(32-7)17-10-8-9-11-19(17)35(30,31)26-12-13-29(21-22(33-21)34-23(3,4)5)16(2)27-20-18(24)14-25-28(20)6/h8-11,14,26H,1,12-13H2,2-7H3. The third-order valence-electron chi connectivity index (χ3n) is 4.84. The number of ether oxygens (including phenoxy) is 3. The largest absolute Gasteiger partial charge is 0.497 e. The van der Waals surface area contributed by atoms with Crippen molar-refractivity contribution in [3.63, 3.8) is 0 Å². The van der Waals surface area contributed by atoms with Gasteiger partial charge in [0, 0.05) is 25.7 Å². The van der Waals surface area contributed by atoms with Crippen LogP contribution >= 0.6 is 15.9 Å². The summed E-state index contributed by atoms with van der Waals surface area (Å²) in [5.74, 6) is 2.30. The number of nitrogens with one attached hydrogen (secondary N) is 1. The maximum Gasteiger partial charge on any atom is 0.351 e. The van der Waals surface area contributed by atoms with E-state index in [1.165, 1.54) is 13.2 Å². The minimum Gasteiger partial charge on any atom is -0.497 e. The van der Waals surface area contributed by atoms with Crippen molar-refractivity contribution in [2.45, 2.75) is 38.2 Å². The number of sulfonamides is 1. The first-order valence-corrected chi connectivity index (χ1v) is 13.0. The average Bonchev–Trinajstić information content (AvgIpc) is 3.46. The van der Waals surface area contributed by atoms with Crippen molar-refractivity contribution >= 4 is 43.4 Å². The van der Waals surface area contributed by atoms with Crippen LogP contribution in [0.5, 0.6) is 0 Å². The molecule has 1 aromatic carbocycles. The van der Waals surface area contributed by atoms with Gasteiger partial charge in [0.25, 0.3) is 5.88 Å². The molecule has 0 bridgehead atoms. The molecule has 0 saturated heterocycles. The van der Waals surface area contributed by atoms with E-state index in [1.807, 2.05) is 20.8 Å². The van der Waals surface area contributed by atoms with E-state index < -0.39 is 15.6 Å². The fourth-order valence-corrected chi connectivity index (χ4v) is 4.82. The van der Waals surface area contributed by atoms with Gasteiger partial charge in [0.2, 0.25) is 10.0 Å². The molecule has 3 rings (SSSR count). The number of rotatable bonds is 10. The third-order valence-corrected chi connectivity index (χ3v) is 6.92. The van der Waals surface area contributed by atoms with Crippen LogP contribution in [0.4, 0.5) is 5.82 Å². The van der Waals surface area contributed by atoms with E-state index >= 15 is 0 Å². The Kier molecular flexibility index (Phi) is 7.97. The van der Waals surface area contributed by atoms with Crippen LogP contribution < -0.4 is 4.72 Å². The molecule has 0 saturated carbocycles. The van der Waals surface area contributed by atoms with Crippen molar-refractivity contribution in [1.29, 1.82) is 0 Å². The van der Waals surface area contributed by atoms with Crippen LogP contribution in [0.3, 0.4) is 0 Å². The molecular weight excluding hydrogens is 538 g/mol. The number of amidine groups is 1. The van der Waals surface area contributed by atoms with Gasteiger partial charge in [0.1, 0.15) is 17.2 Å². The predicted molar refractivity (Wildman–Crippen MR) is 137 cm³/mol. The molecule has 0 aliphatic carbocycles. The number of aromatic nitrogens is 2. The SMILES string of the molecule is C=C(OC)c1ccccc1S(=O)(=O)NCCN(C(C)=Nc1c(Br)cnn1C)C1=C(OC(C)(C)C)O1. The summed E-state index contributed by atoms with van der Waals surface area (Å²) >= 11 is 3.44. The molecule has 0 amide bonds. The van der Waals surface area contributed by atoms with Gasteiger partial charge in [-0.3, -0.25) is 4.90 Å². The molecule has 1 N–H and O–H groups in total. The van der Waals surface area contributed by atoms with E-state index in [4.69, 9.17) is 14.2 Å². The minimum atomic E-state index is -3.85. The van der Waals surface area contributed by atoms with Crippen LogP contribution in [0, 0.1) is 0 Å². The molecule has 1 aliphatic heterocycles. The highest BCUT2D eigenvalue weighted by Crippen LogP contribution is 2.35. The Labute approximate surface area is 214 Å². The van der Waals surface area contributed by atoms with Gasteiger partial charge < -0.3 is 14.2 Å². The van der Waals surface area contributed by atoms with E-state index in [9.17, 15) is 8.42 Å². The summed E-state index contributed by atoms with van der Waals surface area (Å²) in [6.07, 6.45) is 1.65. The van der Waals surface area contributed by atoms with Gasteiger partial charge in [-0.2, -0.15) is 5.10 Å². The van der Waals surface area contributed by atoms with E-state index in [0.29, 0.717) is 29.0 Å². The van der Waals surface area contributed by atoms with Crippen LogP contribution in [0.1, 0.15) is 33.3 Å². The molecule has 0 fully saturated rings. The summed E-state index contributed by atoms with van der Waals surface area (Å²) in [4.78, 5) is 6.49. The minimum absolute atomic E-state index is 0.0746. The van der Waals surface area contributed by atoms with E-state index in [1.54, 1.807) is 47.9 Å². The normalized spacial score (nSPS) is 14.0. The van der Waals surface area contributed by atoms with Gasteiger partial charge in [-0.05, 0) is 55.8 Å². The zero-order valence-corrected chi connectivity index (χ0v) is 23.0. The highest BCUT2D eigenvalue weighted by Gasteiger charge is 2.38. The molecular formula is C23H30BrN5O5S. The Hall–Kier alpha value is -2.83. The molecule has 2 heterocycles. The highest BCUT2D eigenvalue weighted by atomic mass is 79.9. The summed E-state index contributed by atoms with van der Waals surface area (Å²) in [7, 11) is -0.621. The fraction of sp³-hybridized carbons (Fsp3) is 0.391. The lowest BCUT2D eigenvalue weighted by Crippen LogP contribution is -2.36. The van der Waals surface area contributed by atoms with Crippen molar-refractivity contribution in [2.24, 2.45) is 12.0 Å². The highest BCUT2D eigenvalue weighted by molar-refractivity contribution is 9.10. The molecule has 0 unspecified atom stereocenters. The molecule has 190 valence electrons. The first-order valence-electron chi connectivity index (χ1n) is 10.8. The maximum absolute atomic E-state index is 13.1. The van der Waals surface area contributed by atoms with Crippen LogP contribution in [0.2, 0.25) is 0 Å². The zero-order valence-electron chi connectivity index (χ0n) is 20.6. The van der Waals surface area contributed by atoms with Gasteiger partial charge in [0.15, 0.2) is 5.82 Å². The number of nitrogens with zero attached hydrogens (tertiary/aromatic N) is 4. The first kappa shape index (κ1) is 26.8. The monoisotopic (exact) mass is 567 g/mol. The number of hydrogen-bond acceptors (Lipinski definition) is 7. The van der Waals surface area contributed by atoms with Crippen LogP contribution in [0.25, 0.3) is 5.76 Å². The van der Waals surface area contributed by atoms with Crippen molar-refractivity contribution < 1.29 is 22.6 Å². The topological polar surface area (TPSA) is 111 Å². The van der Waals surface area contributed by atoms with Crippen molar-refractivity contribution in [1.82, 2.24) is 19.4 Å². The van der Waals surface area contributed by atoms with E-state index in [2.05, 4.69) is 37.3 Å². The summed E-state index contributed by atoms with van der Waals surface area (Å²) < 4.78 is 47.7. The number of benzene rings is 1. The Morgan fingerprint density at radius 3 is 2.63 bits per heavy atom. The predicted octanol–water partition coefficient (Wildman–Crippen LogP) is 4.10. The lowest BCUT2D eigenvalue weighted by molar-refractivity contribution is 0.0229. The van der Waals surface area contributed by atoms with Crippen LogP contribution in [-0.4, -0.2) is 54.7 Å². The number of aryl methyl sites for hydroxylation is 1. The summed E-state index contributed by atoms with van der Waals surface area (Å²) in [6, 6.07) is 6.53. The average molecular weight is 568 g/mol. The van der Waals surface area contributed by atoms with Crippen molar-refractivity contribution in [2.75, 3.05) is 20.2 Å². The second-order valence-electron chi connectivity index (χ2n) is 8.68. The van der Waals surface area contributed by atoms with E-state index in [-0.39, 0.29) is 23.7 Å². The number of hydrogen-bond donors (Lipinski definition) is 1. The van der Waals surface area contributed by atoms with Gasteiger partial charge in [0.05, 0.1) is 22.7 Å². The molecule has 0 atom stereocenters. The second-order valence-corrected chi connectivity index (χ2v) is 11.3. The Morgan fingerprint density at radius 2 is 2.03 bits per heavy atom. The lowest BCUT2D eigenvalue weighted by Gasteiger charge is -2.19. The maximum atomic E-state index is 13.1.